The van der Waals surface area contributed by atoms with E-state index in [4.69, 9.17) is 26.4 Å². The molecule has 0 aliphatic carbocycles. The molecule has 194 valence electrons. The normalized spacial score (nSPS) is 25.3. The highest BCUT2D eigenvalue weighted by Crippen LogP contribution is 2.32. The fraction of sp³-hybridized carbons (Fsp3) is 0.720. The number of hydrogen-bond donors (Lipinski definition) is 0. The van der Waals surface area contributed by atoms with Crippen LogP contribution in [0.1, 0.15) is 67.2 Å². The summed E-state index contributed by atoms with van der Waals surface area (Å²) < 4.78 is 18.7. The fourth-order valence-corrected chi connectivity index (χ4v) is 4.69. The molecule has 3 aliphatic rings. The highest BCUT2D eigenvalue weighted by molar-refractivity contribution is 7.80. The van der Waals surface area contributed by atoms with Gasteiger partial charge in [0.2, 0.25) is 0 Å². The molecule has 10 heteroatoms. The zero-order chi connectivity index (χ0) is 26.0. The lowest BCUT2D eigenvalue weighted by Gasteiger charge is -2.39. The molecule has 3 heterocycles. The second-order valence-electron chi connectivity index (χ2n) is 10.9. The molecule has 3 rings (SSSR count). The first-order valence-corrected chi connectivity index (χ1v) is 12.7. The van der Waals surface area contributed by atoms with Crippen LogP contribution in [0.15, 0.2) is 11.8 Å². The topological polar surface area (TPSA) is 88.4 Å². The van der Waals surface area contributed by atoms with Gasteiger partial charge in [-0.3, -0.25) is 14.4 Å². The van der Waals surface area contributed by atoms with E-state index in [1.807, 2.05) is 52.5 Å². The van der Waals surface area contributed by atoms with E-state index in [1.54, 1.807) is 10.8 Å². The number of ether oxygens (including phenoxy) is 3. The average Bonchev–Trinajstić information content (AvgIpc) is 3.20. The zero-order valence-corrected chi connectivity index (χ0v) is 22.5. The van der Waals surface area contributed by atoms with Gasteiger partial charge < -0.3 is 19.1 Å². The Morgan fingerprint density at radius 1 is 1.09 bits per heavy atom. The Balaban J connectivity index is 1.90. The molecule has 0 radical (unpaired) electrons. The number of rotatable bonds is 4. The minimum atomic E-state index is -0.740. The third kappa shape index (κ3) is 6.09. The zero-order valence-electron chi connectivity index (χ0n) is 21.7. The molecule has 2 saturated heterocycles. The number of carbonyl (C=O) groups is 3. The number of esters is 2. The Morgan fingerprint density at radius 2 is 1.69 bits per heavy atom. The number of nitrogens with zero attached hydrogens (tertiary/aromatic N) is 3. The standard InChI is InChI=1S/C25H38N3O6S/c1-17(2)32-14-13-27-18-9-12-26-15-33-21(30)24(3,4)10-7-8-11-25(5,6)22(31)34-16-28(23(27)35)20(29)19(18)26/h9,12,17,19H,7-8,10-11,13-16H2,1-6H3/q+1. The molecule has 1 atom stereocenters. The lowest BCUT2D eigenvalue weighted by atomic mass is 9.83. The van der Waals surface area contributed by atoms with E-state index in [-0.39, 0.29) is 42.5 Å². The van der Waals surface area contributed by atoms with Crippen molar-refractivity contribution >= 4 is 41.4 Å². The summed E-state index contributed by atoms with van der Waals surface area (Å²) in [6.45, 7) is 11.8. The summed E-state index contributed by atoms with van der Waals surface area (Å²) in [7, 11) is 0. The SMILES string of the molecule is CC(C)OCCN1C(=S)N2COC(=O)C(C)(C)CCCCC(C)(C)C(=O)OC[N+]3=CC=C1C3C2=O. The number of amides is 1. The van der Waals surface area contributed by atoms with E-state index in [0.717, 1.165) is 12.8 Å². The summed E-state index contributed by atoms with van der Waals surface area (Å²) in [6.07, 6.45) is 6.38. The maximum atomic E-state index is 13.5. The van der Waals surface area contributed by atoms with Crippen LogP contribution in [0.25, 0.3) is 0 Å². The van der Waals surface area contributed by atoms with Gasteiger partial charge in [0.15, 0.2) is 18.1 Å². The van der Waals surface area contributed by atoms with Crippen molar-refractivity contribution in [1.29, 1.82) is 0 Å². The molecule has 1 amide bonds. The second-order valence-corrected chi connectivity index (χ2v) is 11.2. The van der Waals surface area contributed by atoms with Crippen molar-refractivity contribution in [1.82, 2.24) is 9.80 Å². The van der Waals surface area contributed by atoms with Crippen LogP contribution in [0, 0.1) is 10.8 Å². The van der Waals surface area contributed by atoms with Crippen LogP contribution in [0.5, 0.6) is 0 Å². The molecular formula is C25H38N3O6S+. The molecule has 1 unspecified atom stereocenters. The Labute approximate surface area is 213 Å². The first-order valence-electron chi connectivity index (χ1n) is 12.2. The Kier molecular flexibility index (Phi) is 8.36. The van der Waals surface area contributed by atoms with E-state index in [0.29, 0.717) is 31.7 Å². The van der Waals surface area contributed by atoms with Crippen molar-refractivity contribution in [3.05, 3.63) is 11.8 Å². The van der Waals surface area contributed by atoms with Crippen LogP contribution >= 0.6 is 12.2 Å². The molecule has 0 aromatic carbocycles. The monoisotopic (exact) mass is 508 g/mol. The third-order valence-corrected chi connectivity index (χ3v) is 7.16. The summed E-state index contributed by atoms with van der Waals surface area (Å²) in [6, 6.07) is -0.740. The minimum absolute atomic E-state index is 0.0482. The van der Waals surface area contributed by atoms with Gasteiger partial charge in [0.05, 0.1) is 23.5 Å². The maximum Gasteiger partial charge on any atom is 0.316 e. The lowest BCUT2D eigenvalue weighted by molar-refractivity contribution is -0.571. The molecule has 0 aromatic rings. The van der Waals surface area contributed by atoms with Gasteiger partial charge in [-0.25, -0.2) is 4.90 Å². The average molecular weight is 509 g/mol. The summed E-state index contributed by atoms with van der Waals surface area (Å²) in [5.41, 5.74) is -0.723. The fourth-order valence-electron chi connectivity index (χ4n) is 4.35. The predicted molar refractivity (Wildman–Crippen MR) is 133 cm³/mol. The number of thiocarbonyl (C=S) groups is 1. The van der Waals surface area contributed by atoms with Crippen LogP contribution in [0.2, 0.25) is 0 Å². The van der Waals surface area contributed by atoms with Crippen LogP contribution in [-0.2, 0) is 28.6 Å². The van der Waals surface area contributed by atoms with Crippen molar-refractivity contribution in [3.8, 4) is 0 Å². The van der Waals surface area contributed by atoms with Crippen molar-refractivity contribution in [2.45, 2.75) is 79.4 Å². The Bertz CT molecular complexity index is 939. The number of carbonyl (C=O) groups excluding carboxylic acids is 3. The van der Waals surface area contributed by atoms with Gasteiger partial charge in [0.25, 0.3) is 12.8 Å². The molecule has 9 nitrogen and oxygen atoms in total. The molecule has 2 fully saturated rings. The first kappa shape index (κ1) is 27.3. The Morgan fingerprint density at radius 3 is 2.29 bits per heavy atom. The van der Waals surface area contributed by atoms with Crippen LogP contribution < -0.4 is 0 Å². The molecular weight excluding hydrogens is 470 g/mol. The minimum Gasteiger partial charge on any atom is -0.443 e. The van der Waals surface area contributed by atoms with Crippen molar-refractivity contribution in [2.75, 3.05) is 26.6 Å². The summed E-state index contributed by atoms with van der Waals surface area (Å²) in [5, 5.41) is 0.255. The van der Waals surface area contributed by atoms with Gasteiger partial charge in [0.1, 0.15) is 5.70 Å². The van der Waals surface area contributed by atoms with Crippen LogP contribution in [0.4, 0.5) is 0 Å². The van der Waals surface area contributed by atoms with Gasteiger partial charge >= 0.3 is 17.8 Å². The second kappa shape index (κ2) is 10.7. The highest BCUT2D eigenvalue weighted by atomic mass is 32.1. The van der Waals surface area contributed by atoms with E-state index in [9.17, 15) is 14.4 Å². The van der Waals surface area contributed by atoms with Gasteiger partial charge in [-0.1, -0.05) is 12.8 Å². The van der Waals surface area contributed by atoms with Crippen molar-refractivity contribution in [2.24, 2.45) is 10.8 Å². The van der Waals surface area contributed by atoms with Crippen LogP contribution in [-0.4, -0.2) is 82.3 Å². The summed E-state index contributed by atoms with van der Waals surface area (Å²) in [5.74, 6) is -1.03. The number of fused-ring (bicyclic) bond motifs is 1. The van der Waals surface area contributed by atoms with Gasteiger partial charge in [-0.2, -0.15) is 4.58 Å². The van der Waals surface area contributed by atoms with E-state index in [2.05, 4.69) is 0 Å². The lowest BCUT2D eigenvalue weighted by Crippen LogP contribution is -2.60. The largest absolute Gasteiger partial charge is 0.443 e. The van der Waals surface area contributed by atoms with Crippen LogP contribution in [0.3, 0.4) is 0 Å². The number of hydrogen-bond acceptors (Lipinski definition) is 7. The molecule has 0 saturated carbocycles. The quantitative estimate of drug-likeness (QED) is 0.325. The van der Waals surface area contributed by atoms with Gasteiger partial charge in [0, 0.05) is 12.6 Å². The van der Waals surface area contributed by atoms with E-state index < -0.39 is 16.9 Å². The summed E-state index contributed by atoms with van der Waals surface area (Å²) in [4.78, 5) is 42.5. The smallest absolute Gasteiger partial charge is 0.316 e. The molecule has 3 aliphatic heterocycles. The van der Waals surface area contributed by atoms with Gasteiger partial charge in [-0.15, -0.1) is 0 Å². The molecule has 2 bridgehead atoms. The highest BCUT2D eigenvalue weighted by Gasteiger charge is 2.50. The van der Waals surface area contributed by atoms with Gasteiger partial charge in [-0.05, 0) is 66.6 Å². The molecule has 0 spiro atoms. The predicted octanol–water partition coefficient (Wildman–Crippen LogP) is 2.82. The van der Waals surface area contributed by atoms with Crippen molar-refractivity contribution in [3.63, 3.8) is 0 Å². The third-order valence-electron chi connectivity index (χ3n) is 6.72. The molecule has 0 aromatic heterocycles. The maximum absolute atomic E-state index is 13.5. The molecule has 35 heavy (non-hydrogen) atoms. The number of cyclic esters (lactones) is 2. The first-order chi connectivity index (χ1) is 16.3. The van der Waals surface area contributed by atoms with E-state index in [1.165, 1.54) is 4.90 Å². The van der Waals surface area contributed by atoms with E-state index >= 15 is 0 Å². The Hall–Kier alpha value is -2.33. The van der Waals surface area contributed by atoms with Crippen molar-refractivity contribution < 1.29 is 33.2 Å². The summed E-state index contributed by atoms with van der Waals surface area (Å²) >= 11 is 5.65. The number of allylic oxidation sites excluding steroid dienone is 1. The molecule has 0 N–H and O–H groups in total.